The SMILES string of the molecule is Cc1cc(C)c(C(=O)NC2CCC(N)CC2)c(C)c1. The van der Waals surface area contributed by atoms with E-state index in [4.69, 9.17) is 5.73 Å². The Hall–Kier alpha value is -1.35. The molecule has 1 aliphatic rings. The van der Waals surface area contributed by atoms with Crippen LogP contribution in [-0.2, 0) is 0 Å². The van der Waals surface area contributed by atoms with Crippen molar-refractivity contribution >= 4 is 5.91 Å². The average Bonchev–Trinajstić information content (AvgIpc) is 2.30. The fourth-order valence-electron chi connectivity index (χ4n) is 3.06. The zero-order chi connectivity index (χ0) is 14.0. The summed E-state index contributed by atoms with van der Waals surface area (Å²) in [7, 11) is 0. The first-order valence-corrected chi connectivity index (χ1v) is 7.11. The number of rotatable bonds is 2. The fraction of sp³-hybridized carbons (Fsp3) is 0.562. The van der Waals surface area contributed by atoms with Crippen LogP contribution in [0.2, 0.25) is 0 Å². The normalized spacial score (nSPS) is 23.2. The Kier molecular flexibility index (Phi) is 4.25. The standard InChI is InChI=1S/C16H24N2O/c1-10-8-11(2)15(12(3)9-10)16(19)18-14-6-4-13(17)5-7-14/h8-9,13-14H,4-7,17H2,1-3H3,(H,18,19). The molecule has 0 atom stereocenters. The maximum absolute atomic E-state index is 12.4. The Bertz CT molecular complexity index is 451. The van der Waals surface area contributed by atoms with Crippen molar-refractivity contribution in [3.63, 3.8) is 0 Å². The highest BCUT2D eigenvalue weighted by atomic mass is 16.1. The molecule has 1 fully saturated rings. The van der Waals surface area contributed by atoms with E-state index in [0.29, 0.717) is 6.04 Å². The lowest BCUT2D eigenvalue weighted by molar-refractivity contribution is 0.0924. The molecule has 0 bridgehead atoms. The molecular formula is C16H24N2O. The number of carbonyl (C=O) groups is 1. The Morgan fingerprint density at radius 2 is 1.63 bits per heavy atom. The van der Waals surface area contributed by atoms with Crippen LogP contribution in [-0.4, -0.2) is 18.0 Å². The molecular weight excluding hydrogens is 236 g/mol. The van der Waals surface area contributed by atoms with Crippen molar-refractivity contribution in [1.29, 1.82) is 0 Å². The second kappa shape index (κ2) is 5.74. The zero-order valence-corrected chi connectivity index (χ0v) is 12.1. The second-order valence-corrected chi connectivity index (χ2v) is 5.86. The monoisotopic (exact) mass is 260 g/mol. The molecule has 3 heteroatoms. The summed E-state index contributed by atoms with van der Waals surface area (Å²) in [5.74, 6) is 0.0653. The van der Waals surface area contributed by atoms with Crippen LogP contribution in [0, 0.1) is 20.8 Å². The maximum atomic E-state index is 12.4. The molecule has 0 aromatic heterocycles. The fourth-order valence-corrected chi connectivity index (χ4v) is 3.06. The van der Waals surface area contributed by atoms with Gasteiger partial charge in [-0.3, -0.25) is 4.79 Å². The predicted octanol–water partition coefficient (Wildman–Crippen LogP) is 2.61. The number of nitrogens with two attached hydrogens (primary N) is 1. The molecule has 0 unspecified atom stereocenters. The van der Waals surface area contributed by atoms with Crippen molar-refractivity contribution < 1.29 is 4.79 Å². The van der Waals surface area contributed by atoms with Crippen molar-refractivity contribution in [2.45, 2.75) is 58.5 Å². The predicted molar refractivity (Wildman–Crippen MR) is 78.4 cm³/mol. The van der Waals surface area contributed by atoms with Gasteiger partial charge in [-0.25, -0.2) is 0 Å². The van der Waals surface area contributed by atoms with Crippen molar-refractivity contribution in [2.75, 3.05) is 0 Å². The van der Waals surface area contributed by atoms with Crippen molar-refractivity contribution in [3.8, 4) is 0 Å². The molecule has 0 spiro atoms. The molecule has 2 rings (SSSR count). The van der Waals surface area contributed by atoms with Gasteiger partial charge in [-0.15, -0.1) is 0 Å². The number of benzene rings is 1. The summed E-state index contributed by atoms with van der Waals surface area (Å²) < 4.78 is 0. The van der Waals surface area contributed by atoms with Gasteiger partial charge in [0.15, 0.2) is 0 Å². The van der Waals surface area contributed by atoms with Crippen LogP contribution in [0.15, 0.2) is 12.1 Å². The van der Waals surface area contributed by atoms with Crippen LogP contribution >= 0.6 is 0 Å². The molecule has 3 N–H and O–H groups in total. The molecule has 1 aromatic carbocycles. The third kappa shape index (κ3) is 3.35. The molecule has 0 aliphatic heterocycles. The Labute approximate surface area is 115 Å². The van der Waals surface area contributed by atoms with Gasteiger partial charge in [-0.2, -0.15) is 0 Å². The number of hydrogen-bond donors (Lipinski definition) is 2. The summed E-state index contributed by atoms with van der Waals surface area (Å²) in [6.07, 6.45) is 4.02. The van der Waals surface area contributed by atoms with Crippen LogP contribution < -0.4 is 11.1 Å². The van der Waals surface area contributed by atoms with Gasteiger partial charge in [0.05, 0.1) is 0 Å². The van der Waals surface area contributed by atoms with Gasteiger partial charge in [0.1, 0.15) is 0 Å². The van der Waals surface area contributed by atoms with Gasteiger partial charge < -0.3 is 11.1 Å². The molecule has 104 valence electrons. The van der Waals surface area contributed by atoms with Crippen LogP contribution in [0.25, 0.3) is 0 Å². The number of amides is 1. The maximum Gasteiger partial charge on any atom is 0.252 e. The second-order valence-electron chi connectivity index (χ2n) is 5.86. The first-order valence-electron chi connectivity index (χ1n) is 7.11. The minimum atomic E-state index is 0.0653. The van der Waals surface area contributed by atoms with Crippen molar-refractivity contribution in [3.05, 3.63) is 34.4 Å². The molecule has 19 heavy (non-hydrogen) atoms. The van der Waals surface area contributed by atoms with Gasteiger partial charge in [0, 0.05) is 17.6 Å². The third-order valence-corrected chi connectivity index (χ3v) is 4.01. The highest BCUT2D eigenvalue weighted by molar-refractivity contribution is 5.97. The Morgan fingerprint density at radius 3 is 2.16 bits per heavy atom. The summed E-state index contributed by atoms with van der Waals surface area (Å²) in [5, 5.41) is 3.16. The minimum absolute atomic E-state index is 0.0653. The number of hydrogen-bond acceptors (Lipinski definition) is 2. The van der Waals surface area contributed by atoms with E-state index in [9.17, 15) is 4.79 Å². The molecule has 0 heterocycles. The minimum Gasteiger partial charge on any atom is -0.349 e. The van der Waals surface area contributed by atoms with E-state index in [1.54, 1.807) is 0 Å². The molecule has 1 amide bonds. The van der Waals surface area contributed by atoms with Crippen molar-refractivity contribution in [1.82, 2.24) is 5.32 Å². The van der Waals surface area contributed by atoms with Crippen LogP contribution in [0.5, 0.6) is 0 Å². The molecule has 0 saturated heterocycles. The lowest BCUT2D eigenvalue weighted by Gasteiger charge is -2.27. The Balaban J connectivity index is 2.08. The van der Waals surface area contributed by atoms with Crippen LogP contribution in [0.3, 0.4) is 0 Å². The Morgan fingerprint density at radius 1 is 1.11 bits per heavy atom. The van der Waals surface area contributed by atoms with E-state index in [-0.39, 0.29) is 11.9 Å². The van der Waals surface area contributed by atoms with Gasteiger partial charge in [-0.1, -0.05) is 17.7 Å². The van der Waals surface area contributed by atoms with Gasteiger partial charge in [0.2, 0.25) is 0 Å². The number of aryl methyl sites for hydroxylation is 3. The number of nitrogens with one attached hydrogen (secondary N) is 1. The largest absolute Gasteiger partial charge is 0.349 e. The molecule has 0 radical (unpaired) electrons. The van der Waals surface area contributed by atoms with E-state index in [1.807, 2.05) is 13.8 Å². The average molecular weight is 260 g/mol. The summed E-state index contributed by atoms with van der Waals surface area (Å²) >= 11 is 0. The summed E-state index contributed by atoms with van der Waals surface area (Å²) in [6, 6.07) is 4.74. The summed E-state index contributed by atoms with van der Waals surface area (Å²) in [4.78, 5) is 12.4. The van der Waals surface area contributed by atoms with Gasteiger partial charge >= 0.3 is 0 Å². The van der Waals surface area contributed by atoms with Crippen LogP contribution in [0.4, 0.5) is 0 Å². The first kappa shape index (κ1) is 14.1. The zero-order valence-electron chi connectivity index (χ0n) is 12.1. The molecule has 1 aliphatic carbocycles. The summed E-state index contributed by atoms with van der Waals surface area (Å²) in [5.41, 5.74) is 10.0. The van der Waals surface area contributed by atoms with E-state index in [1.165, 1.54) is 5.56 Å². The number of carbonyl (C=O) groups excluding carboxylic acids is 1. The van der Waals surface area contributed by atoms with E-state index >= 15 is 0 Å². The smallest absolute Gasteiger partial charge is 0.252 e. The van der Waals surface area contributed by atoms with E-state index in [0.717, 1.165) is 42.4 Å². The van der Waals surface area contributed by atoms with E-state index in [2.05, 4.69) is 24.4 Å². The van der Waals surface area contributed by atoms with Gasteiger partial charge in [0.25, 0.3) is 5.91 Å². The van der Waals surface area contributed by atoms with Gasteiger partial charge in [-0.05, 0) is 57.6 Å². The quantitative estimate of drug-likeness (QED) is 0.859. The lowest BCUT2D eigenvalue weighted by Crippen LogP contribution is -2.40. The van der Waals surface area contributed by atoms with E-state index < -0.39 is 0 Å². The molecule has 3 nitrogen and oxygen atoms in total. The lowest BCUT2D eigenvalue weighted by atomic mass is 9.91. The highest BCUT2D eigenvalue weighted by Crippen LogP contribution is 2.20. The van der Waals surface area contributed by atoms with Crippen molar-refractivity contribution in [2.24, 2.45) is 5.73 Å². The third-order valence-electron chi connectivity index (χ3n) is 4.01. The molecule has 1 aromatic rings. The summed E-state index contributed by atoms with van der Waals surface area (Å²) in [6.45, 7) is 6.07. The highest BCUT2D eigenvalue weighted by Gasteiger charge is 2.21. The van der Waals surface area contributed by atoms with Crippen LogP contribution in [0.1, 0.15) is 52.7 Å². The topological polar surface area (TPSA) is 55.1 Å². The first-order chi connectivity index (χ1) is 8.97. The molecule has 1 saturated carbocycles.